The number of hydrogen-bond donors (Lipinski definition) is 1. The third-order valence-electron chi connectivity index (χ3n) is 3.26. The fourth-order valence-electron chi connectivity index (χ4n) is 2.15. The molecule has 16 heavy (non-hydrogen) atoms. The van der Waals surface area contributed by atoms with Gasteiger partial charge in [0.1, 0.15) is 0 Å². The molecule has 4 atom stereocenters. The van der Waals surface area contributed by atoms with Crippen molar-refractivity contribution in [3.63, 3.8) is 0 Å². The Hall–Kier alpha value is -0.290. The maximum Gasteiger partial charge on any atom is 0.414 e. The van der Waals surface area contributed by atoms with Gasteiger partial charge in [-0.3, -0.25) is 0 Å². The summed E-state index contributed by atoms with van der Waals surface area (Å²) in [6, 6.07) is 0.0426. The highest BCUT2D eigenvalue weighted by atomic mass is 19.4. The molecule has 1 N–H and O–H groups in total. The van der Waals surface area contributed by atoms with Crippen LogP contribution in [0.3, 0.4) is 0 Å². The average molecular weight is 239 g/mol. The predicted octanol–water partition coefficient (Wildman–Crippen LogP) is 2.73. The predicted molar refractivity (Wildman–Crippen MR) is 56.3 cm³/mol. The van der Waals surface area contributed by atoms with E-state index in [1.54, 1.807) is 7.05 Å². The molecular formula is C11H20F3NO. The van der Waals surface area contributed by atoms with Crippen LogP contribution in [0.1, 0.15) is 33.1 Å². The summed E-state index contributed by atoms with van der Waals surface area (Å²) >= 11 is 0. The van der Waals surface area contributed by atoms with E-state index in [1.165, 1.54) is 0 Å². The molecule has 0 aromatic heterocycles. The molecule has 0 spiro atoms. The topological polar surface area (TPSA) is 21.3 Å². The molecule has 0 aromatic carbocycles. The number of halogens is 3. The van der Waals surface area contributed by atoms with Gasteiger partial charge in [0.05, 0.1) is 6.10 Å². The maximum absolute atomic E-state index is 12.4. The van der Waals surface area contributed by atoms with Crippen LogP contribution in [0.4, 0.5) is 13.2 Å². The van der Waals surface area contributed by atoms with Crippen molar-refractivity contribution in [1.82, 2.24) is 5.32 Å². The fourth-order valence-corrected chi connectivity index (χ4v) is 2.15. The standard InChI is InChI=1S/C11H20F3NO/c1-7-4-5-9(15-3)10(6-7)16-8(2)11(12,13)14/h7-10,15H,4-6H2,1-3H3. The quantitative estimate of drug-likeness (QED) is 0.817. The van der Waals surface area contributed by atoms with E-state index in [-0.39, 0.29) is 12.1 Å². The SMILES string of the molecule is CNC1CCC(C)CC1OC(C)C(F)(F)F. The van der Waals surface area contributed by atoms with Crippen LogP contribution in [0.25, 0.3) is 0 Å². The lowest BCUT2D eigenvalue weighted by Crippen LogP contribution is -2.47. The molecule has 0 aromatic rings. The second kappa shape index (κ2) is 5.36. The first-order valence-corrected chi connectivity index (χ1v) is 5.74. The van der Waals surface area contributed by atoms with Gasteiger partial charge in [0, 0.05) is 6.04 Å². The molecule has 5 heteroatoms. The van der Waals surface area contributed by atoms with Crippen molar-refractivity contribution in [2.24, 2.45) is 5.92 Å². The minimum absolute atomic E-state index is 0.0426. The van der Waals surface area contributed by atoms with Gasteiger partial charge in [0.2, 0.25) is 0 Å². The maximum atomic E-state index is 12.4. The Bertz CT molecular complexity index is 220. The second-order valence-corrected chi connectivity index (χ2v) is 4.67. The first kappa shape index (κ1) is 13.8. The molecule has 0 aliphatic heterocycles. The van der Waals surface area contributed by atoms with Crippen LogP contribution in [-0.4, -0.2) is 31.5 Å². The minimum Gasteiger partial charge on any atom is -0.364 e. The number of ether oxygens (including phenoxy) is 1. The summed E-state index contributed by atoms with van der Waals surface area (Å²) < 4.78 is 42.3. The summed E-state index contributed by atoms with van der Waals surface area (Å²) in [5.41, 5.74) is 0. The highest BCUT2D eigenvalue weighted by Crippen LogP contribution is 2.30. The molecule has 0 radical (unpaired) electrons. The summed E-state index contributed by atoms with van der Waals surface area (Å²) in [5.74, 6) is 0.440. The minimum atomic E-state index is -4.26. The van der Waals surface area contributed by atoms with E-state index in [0.717, 1.165) is 19.8 Å². The molecule has 4 unspecified atom stereocenters. The smallest absolute Gasteiger partial charge is 0.364 e. The molecule has 0 bridgehead atoms. The zero-order valence-electron chi connectivity index (χ0n) is 9.97. The van der Waals surface area contributed by atoms with Gasteiger partial charge in [-0.2, -0.15) is 13.2 Å². The lowest BCUT2D eigenvalue weighted by atomic mass is 9.85. The summed E-state index contributed by atoms with van der Waals surface area (Å²) in [6.07, 6.45) is -3.65. The van der Waals surface area contributed by atoms with Gasteiger partial charge < -0.3 is 10.1 Å². The molecular weight excluding hydrogens is 219 g/mol. The van der Waals surface area contributed by atoms with Crippen molar-refractivity contribution < 1.29 is 17.9 Å². The Morgan fingerprint density at radius 3 is 2.44 bits per heavy atom. The molecule has 1 fully saturated rings. The molecule has 1 saturated carbocycles. The Morgan fingerprint density at radius 2 is 1.94 bits per heavy atom. The van der Waals surface area contributed by atoms with E-state index in [9.17, 15) is 13.2 Å². The third-order valence-corrected chi connectivity index (χ3v) is 3.26. The summed E-state index contributed by atoms with van der Waals surface area (Å²) in [4.78, 5) is 0. The van der Waals surface area contributed by atoms with E-state index in [2.05, 4.69) is 12.2 Å². The van der Waals surface area contributed by atoms with Gasteiger partial charge in [0.15, 0.2) is 6.10 Å². The summed E-state index contributed by atoms with van der Waals surface area (Å²) in [6.45, 7) is 3.13. The Kier molecular flexibility index (Phi) is 4.62. The molecule has 0 amide bonds. The lowest BCUT2D eigenvalue weighted by Gasteiger charge is -2.36. The van der Waals surface area contributed by atoms with Gasteiger partial charge in [-0.05, 0) is 39.2 Å². The van der Waals surface area contributed by atoms with E-state index in [4.69, 9.17) is 4.74 Å². The molecule has 96 valence electrons. The monoisotopic (exact) mass is 239 g/mol. The zero-order valence-corrected chi connectivity index (χ0v) is 9.97. The van der Waals surface area contributed by atoms with Gasteiger partial charge >= 0.3 is 6.18 Å². The van der Waals surface area contributed by atoms with Crippen molar-refractivity contribution in [3.8, 4) is 0 Å². The summed E-state index contributed by atoms with van der Waals surface area (Å²) in [7, 11) is 1.77. The van der Waals surface area contributed by atoms with Crippen LogP contribution < -0.4 is 5.32 Å². The van der Waals surface area contributed by atoms with E-state index >= 15 is 0 Å². The lowest BCUT2D eigenvalue weighted by molar-refractivity contribution is -0.232. The number of hydrogen-bond acceptors (Lipinski definition) is 2. The van der Waals surface area contributed by atoms with Crippen molar-refractivity contribution in [2.75, 3.05) is 7.05 Å². The van der Waals surface area contributed by atoms with Crippen LogP contribution in [-0.2, 0) is 4.74 Å². The zero-order chi connectivity index (χ0) is 12.3. The molecule has 1 aliphatic carbocycles. The third kappa shape index (κ3) is 3.63. The van der Waals surface area contributed by atoms with E-state index < -0.39 is 12.3 Å². The largest absolute Gasteiger partial charge is 0.414 e. The van der Waals surface area contributed by atoms with Gasteiger partial charge in [0.25, 0.3) is 0 Å². The first-order chi connectivity index (χ1) is 7.34. The van der Waals surface area contributed by atoms with Crippen molar-refractivity contribution in [3.05, 3.63) is 0 Å². The Labute approximate surface area is 94.5 Å². The molecule has 0 heterocycles. The molecule has 0 saturated heterocycles. The highest BCUT2D eigenvalue weighted by molar-refractivity contribution is 4.84. The van der Waals surface area contributed by atoms with Crippen molar-refractivity contribution in [1.29, 1.82) is 0 Å². The Morgan fingerprint density at radius 1 is 1.31 bits per heavy atom. The van der Waals surface area contributed by atoms with Crippen molar-refractivity contribution >= 4 is 0 Å². The molecule has 2 nitrogen and oxygen atoms in total. The van der Waals surface area contributed by atoms with E-state index in [0.29, 0.717) is 12.3 Å². The number of likely N-dealkylation sites (N-methyl/N-ethyl adjacent to an activating group) is 1. The van der Waals surface area contributed by atoms with Gasteiger partial charge in [-0.1, -0.05) is 6.92 Å². The van der Waals surface area contributed by atoms with Crippen LogP contribution in [0.5, 0.6) is 0 Å². The average Bonchev–Trinajstić information content (AvgIpc) is 2.16. The molecule has 1 rings (SSSR count). The van der Waals surface area contributed by atoms with Crippen LogP contribution in [0.15, 0.2) is 0 Å². The van der Waals surface area contributed by atoms with Crippen LogP contribution in [0, 0.1) is 5.92 Å². The van der Waals surface area contributed by atoms with Gasteiger partial charge in [-0.25, -0.2) is 0 Å². The second-order valence-electron chi connectivity index (χ2n) is 4.67. The fraction of sp³-hybridized carbons (Fsp3) is 1.00. The highest BCUT2D eigenvalue weighted by Gasteiger charge is 2.40. The van der Waals surface area contributed by atoms with Crippen LogP contribution in [0.2, 0.25) is 0 Å². The Balaban J connectivity index is 2.55. The number of rotatable bonds is 3. The van der Waals surface area contributed by atoms with Crippen molar-refractivity contribution in [2.45, 2.75) is 57.5 Å². The van der Waals surface area contributed by atoms with Crippen LogP contribution >= 0.6 is 0 Å². The van der Waals surface area contributed by atoms with E-state index in [1.807, 2.05) is 0 Å². The molecule has 1 aliphatic rings. The number of alkyl halides is 3. The van der Waals surface area contributed by atoms with Gasteiger partial charge in [-0.15, -0.1) is 0 Å². The summed E-state index contributed by atoms with van der Waals surface area (Å²) in [5, 5.41) is 3.04. The first-order valence-electron chi connectivity index (χ1n) is 5.74. The number of nitrogens with one attached hydrogen (secondary N) is 1. The normalized spacial score (nSPS) is 33.8.